The van der Waals surface area contributed by atoms with Crippen LogP contribution in [0.1, 0.15) is 40.2 Å². The minimum Gasteiger partial charge on any atom is -0.488 e. The van der Waals surface area contributed by atoms with E-state index in [1.807, 2.05) is 20.8 Å². The average Bonchev–Trinajstić information content (AvgIpc) is 2.36. The highest BCUT2D eigenvalue weighted by Gasteiger charge is 2.46. The van der Waals surface area contributed by atoms with Crippen LogP contribution in [0.3, 0.4) is 0 Å². The molecule has 0 aromatic heterocycles. The van der Waals surface area contributed by atoms with Crippen LogP contribution in [0, 0.1) is 5.92 Å². The zero-order valence-electron chi connectivity index (χ0n) is 14.1. The molecule has 0 aliphatic heterocycles. The van der Waals surface area contributed by atoms with Gasteiger partial charge < -0.3 is 14.6 Å². The Hall–Kier alpha value is -1.69. The number of ether oxygens (including phenoxy) is 2. The molecule has 1 rings (SSSR count). The Morgan fingerprint density at radius 3 is 2.09 bits per heavy atom. The fourth-order valence-electron chi connectivity index (χ4n) is 2.20. The van der Waals surface area contributed by atoms with Crippen molar-refractivity contribution in [2.24, 2.45) is 5.92 Å². The first-order valence-electron chi connectivity index (χ1n) is 7.45. The molecule has 1 aromatic carbocycles. The van der Waals surface area contributed by atoms with Crippen molar-refractivity contribution < 1.29 is 28.2 Å². The van der Waals surface area contributed by atoms with Gasteiger partial charge in [-0.05, 0) is 52.3 Å². The number of carbonyl (C=O) groups is 1. The summed E-state index contributed by atoms with van der Waals surface area (Å²) in [5, 5.41) is 10.5. The van der Waals surface area contributed by atoms with E-state index in [1.54, 1.807) is 12.1 Å². The van der Waals surface area contributed by atoms with Crippen molar-refractivity contribution in [1.82, 2.24) is 0 Å². The van der Waals surface area contributed by atoms with E-state index in [2.05, 4.69) is 4.74 Å². The number of esters is 1. The molecule has 0 saturated heterocycles. The molecule has 0 heterocycles. The van der Waals surface area contributed by atoms with Gasteiger partial charge in [-0.25, -0.2) is 8.78 Å². The van der Waals surface area contributed by atoms with Crippen LogP contribution in [0.25, 0.3) is 0 Å². The SMILES string of the molecule is CCOC(=O)C(C(F)F)C(C)(O)c1ccc(OC(C)(C)C)cc1. The Morgan fingerprint density at radius 1 is 1.17 bits per heavy atom. The second kappa shape index (κ2) is 7.25. The number of aliphatic hydroxyl groups is 1. The van der Waals surface area contributed by atoms with Crippen LogP contribution >= 0.6 is 0 Å². The molecule has 0 aliphatic rings. The van der Waals surface area contributed by atoms with Crippen molar-refractivity contribution >= 4 is 5.97 Å². The Morgan fingerprint density at radius 2 is 1.70 bits per heavy atom. The lowest BCUT2D eigenvalue weighted by Gasteiger charge is -2.31. The molecule has 2 atom stereocenters. The molecule has 2 unspecified atom stereocenters. The maximum absolute atomic E-state index is 13.3. The molecule has 0 spiro atoms. The van der Waals surface area contributed by atoms with Crippen LogP contribution in [0.2, 0.25) is 0 Å². The molecular formula is C17H24F2O4. The van der Waals surface area contributed by atoms with Gasteiger partial charge in [-0.2, -0.15) is 0 Å². The van der Waals surface area contributed by atoms with Crippen LogP contribution in [0.15, 0.2) is 24.3 Å². The van der Waals surface area contributed by atoms with Crippen LogP contribution in [0.5, 0.6) is 5.75 Å². The molecule has 0 radical (unpaired) electrons. The Kier molecular flexibility index (Phi) is 6.11. The smallest absolute Gasteiger partial charge is 0.318 e. The van der Waals surface area contributed by atoms with Crippen LogP contribution in [-0.2, 0) is 15.1 Å². The fraction of sp³-hybridized carbons (Fsp3) is 0.588. The van der Waals surface area contributed by atoms with Gasteiger partial charge in [0.25, 0.3) is 6.43 Å². The van der Waals surface area contributed by atoms with Gasteiger partial charge >= 0.3 is 5.97 Å². The van der Waals surface area contributed by atoms with E-state index in [4.69, 9.17) is 4.74 Å². The molecule has 0 bridgehead atoms. The zero-order valence-corrected chi connectivity index (χ0v) is 14.1. The van der Waals surface area contributed by atoms with Gasteiger partial charge in [0.1, 0.15) is 22.9 Å². The Bertz CT molecular complexity index is 518. The van der Waals surface area contributed by atoms with E-state index in [9.17, 15) is 18.7 Å². The van der Waals surface area contributed by atoms with E-state index in [-0.39, 0.29) is 12.2 Å². The number of benzene rings is 1. The van der Waals surface area contributed by atoms with Gasteiger partial charge in [0.15, 0.2) is 0 Å². The van der Waals surface area contributed by atoms with Crippen molar-refractivity contribution in [3.05, 3.63) is 29.8 Å². The summed E-state index contributed by atoms with van der Waals surface area (Å²) in [5.74, 6) is -2.54. The van der Waals surface area contributed by atoms with Crippen LogP contribution < -0.4 is 4.74 Å². The topological polar surface area (TPSA) is 55.8 Å². The lowest BCUT2D eigenvalue weighted by atomic mass is 9.83. The number of carbonyl (C=O) groups excluding carboxylic acids is 1. The summed E-state index contributed by atoms with van der Waals surface area (Å²) in [6, 6.07) is 6.08. The largest absolute Gasteiger partial charge is 0.488 e. The van der Waals surface area contributed by atoms with E-state index < -0.39 is 29.5 Å². The first-order valence-corrected chi connectivity index (χ1v) is 7.45. The Labute approximate surface area is 135 Å². The second-order valence-electron chi connectivity index (χ2n) is 6.45. The third-order valence-electron chi connectivity index (χ3n) is 3.26. The summed E-state index contributed by atoms with van der Waals surface area (Å²) in [6.07, 6.45) is -3.05. The monoisotopic (exact) mass is 330 g/mol. The lowest BCUT2D eigenvalue weighted by Crippen LogP contribution is -2.42. The van der Waals surface area contributed by atoms with Crippen molar-refractivity contribution in [3.63, 3.8) is 0 Å². The predicted octanol–water partition coefficient (Wildman–Crippen LogP) is 3.52. The maximum Gasteiger partial charge on any atom is 0.318 e. The summed E-state index contributed by atoms with van der Waals surface area (Å²) < 4.78 is 36.8. The number of rotatable bonds is 6. The number of alkyl halides is 2. The van der Waals surface area contributed by atoms with E-state index in [1.165, 1.54) is 26.0 Å². The third kappa shape index (κ3) is 5.16. The van der Waals surface area contributed by atoms with Gasteiger partial charge in [-0.3, -0.25) is 4.79 Å². The van der Waals surface area contributed by atoms with Gasteiger partial charge in [-0.15, -0.1) is 0 Å². The molecular weight excluding hydrogens is 306 g/mol. The molecule has 130 valence electrons. The van der Waals surface area contributed by atoms with Crippen molar-refractivity contribution in [1.29, 1.82) is 0 Å². The van der Waals surface area contributed by atoms with E-state index in [0.717, 1.165) is 0 Å². The van der Waals surface area contributed by atoms with E-state index >= 15 is 0 Å². The highest BCUT2D eigenvalue weighted by Crippen LogP contribution is 2.35. The molecule has 0 aliphatic carbocycles. The first-order chi connectivity index (χ1) is 10.5. The minimum absolute atomic E-state index is 0.0313. The van der Waals surface area contributed by atoms with Crippen molar-refractivity contribution in [2.45, 2.75) is 52.2 Å². The molecule has 1 N–H and O–H groups in total. The molecule has 0 amide bonds. The lowest BCUT2D eigenvalue weighted by molar-refractivity contribution is -0.169. The molecule has 23 heavy (non-hydrogen) atoms. The predicted molar refractivity (Wildman–Crippen MR) is 82.5 cm³/mol. The van der Waals surface area contributed by atoms with Gasteiger partial charge in [-0.1, -0.05) is 12.1 Å². The summed E-state index contributed by atoms with van der Waals surface area (Å²) >= 11 is 0. The maximum atomic E-state index is 13.3. The number of hydrogen-bond donors (Lipinski definition) is 1. The van der Waals surface area contributed by atoms with Gasteiger partial charge in [0.2, 0.25) is 0 Å². The normalized spacial score (nSPS) is 15.9. The van der Waals surface area contributed by atoms with Crippen molar-refractivity contribution in [2.75, 3.05) is 6.61 Å². The molecule has 0 saturated carbocycles. The summed E-state index contributed by atoms with van der Waals surface area (Å²) in [4.78, 5) is 11.8. The highest BCUT2D eigenvalue weighted by molar-refractivity contribution is 5.74. The molecule has 1 aromatic rings. The van der Waals surface area contributed by atoms with Gasteiger partial charge in [0.05, 0.1) is 6.61 Å². The first kappa shape index (κ1) is 19.4. The molecule has 4 nitrogen and oxygen atoms in total. The van der Waals surface area contributed by atoms with Crippen LogP contribution in [0.4, 0.5) is 8.78 Å². The van der Waals surface area contributed by atoms with E-state index in [0.29, 0.717) is 5.75 Å². The average molecular weight is 330 g/mol. The third-order valence-corrected chi connectivity index (χ3v) is 3.26. The Balaban J connectivity index is 3.07. The zero-order chi connectivity index (χ0) is 17.8. The summed E-state index contributed by atoms with van der Waals surface area (Å²) in [6.45, 7) is 8.31. The standard InChI is InChI=1S/C17H24F2O4/c1-6-22-15(20)13(14(18)19)17(5,21)11-7-9-12(10-8-11)23-16(2,3)4/h7-10,13-14,21H,6H2,1-5H3. The number of hydrogen-bond acceptors (Lipinski definition) is 4. The molecule has 0 fully saturated rings. The second-order valence-corrected chi connectivity index (χ2v) is 6.45. The minimum atomic E-state index is -3.05. The highest BCUT2D eigenvalue weighted by atomic mass is 19.3. The molecule has 6 heteroatoms. The fourth-order valence-corrected chi connectivity index (χ4v) is 2.20. The number of halogens is 2. The quantitative estimate of drug-likeness (QED) is 0.811. The van der Waals surface area contributed by atoms with Crippen LogP contribution in [-0.4, -0.2) is 29.7 Å². The van der Waals surface area contributed by atoms with Crippen molar-refractivity contribution in [3.8, 4) is 5.75 Å². The van der Waals surface area contributed by atoms with Gasteiger partial charge in [0, 0.05) is 0 Å². The summed E-state index contributed by atoms with van der Waals surface area (Å²) in [5.41, 5.74) is -2.27. The summed E-state index contributed by atoms with van der Waals surface area (Å²) in [7, 11) is 0.